The maximum absolute atomic E-state index is 7.27. The third kappa shape index (κ3) is 14.5. The zero-order chi connectivity index (χ0) is 35.0. The van der Waals surface area contributed by atoms with E-state index in [9.17, 15) is 0 Å². The van der Waals surface area contributed by atoms with Crippen molar-refractivity contribution in [2.75, 3.05) is 27.1 Å². The lowest BCUT2D eigenvalue weighted by molar-refractivity contribution is -0.0437. The van der Waals surface area contributed by atoms with Gasteiger partial charge >= 0.3 is 0 Å². The fourth-order valence-electron chi connectivity index (χ4n) is 8.88. The average Bonchev–Trinajstić information content (AvgIpc) is 2.97. The van der Waals surface area contributed by atoms with Gasteiger partial charge in [-0.1, -0.05) is 137 Å². The van der Waals surface area contributed by atoms with E-state index in [4.69, 9.17) is 13.9 Å². The Morgan fingerprint density at radius 1 is 0.489 bits per heavy atom. The van der Waals surface area contributed by atoms with Crippen molar-refractivity contribution in [3.63, 3.8) is 0 Å². The predicted octanol–water partition coefficient (Wildman–Crippen LogP) is 11.0. The van der Waals surface area contributed by atoms with Gasteiger partial charge in [0.2, 0.25) is 0 Å². The quantitative estimate of drug-likeness (QED) is 0.0671. The van der Waals surface area contributed by atoms with Crippen molar-refractivity contribution in [1.82, 2.24) is 0 Å². The first-order valence-electron chi connectivity index (χ1n) is 19.0. The predicted molar refractivity (Wildman–Crippen MR) is 207 cm³/mol. The lowest BCUT2D eigenvalue weighted by Crippen LogP contribution is -2.66. The Labute approximate surface area is 293 Å². The number of ether oxygens (including phenoxy) is 2. The number of hydrogen-bond acceptors (Lipinski definition) is 3. The highest BCUT2D eigenvalue weighted by Crippen LogP contribution is 2.37. The third-order valence-electron chi connectivity index (χ3n) is 10.2. The van der Waals surface area contributed by atoms with Gasteiger partial charge in [0.05, 0.1) is 6.61 Å². The minimum Gasteiger partial charge on any atom is -0.407 e. The molecule has 2 rings (SSSR count). The second kappa shape index (κ2) is 20.9. The standard InChI is InChI=1S/C43H74O3Si/c1-33(24-35(3)26-37(5)28-39(7)30-45-32-44-12)23-34(2)25-36(4)27-38(6)29-40(8)31-46-47(43(9,10)11,41-19-15-13-16-20-41)42-21-17-14-18-22-42/h13-22,33-40H,23-32H2,1-12H3/t33-,34+,35-,36+,37-,38+,39-,40+/m0/s1. The molecule has 0 unspecified atom stereocenters. The molecule has 0 aliphatic rings. The van der Waals surface area contributed by atoms with Gasteiger partial charge in [-0.25, -0.2) is 0 Å². The summed E-state index contributed by atoms with van der Waals surface area (Å²) in [6.07, 6.45) is 9.12. The molecule has 0 heterocycles. The molecular weight excluding hydrogens is 593 g/mol. The SMILES string of the molecule is COCOC[C@@H](C)C[C@@H](C)C[C@@H](C)C[C@@H](C)C[C@@H](C)C[C@@H](C)C[C@@H](C)C[C@@H](C)CO[Si](c1ccccc1)(c1ccccc1)C(C)(C)C. The Kier molecular flexibility index (Phi) is 18.6. The van der Waals surface area contributed by atoms with Crippen LogP contribution >= 0.6 is 0 Å². The summed E-state index contributed by atoms with van der Waals surface area (Å²) in [6.45, 7) is 28.7. The molecule has 0 spiro atoms. The first kappa shape index (κ1) is 41.7. The smallest absolute Gasteiger partial charge is 0.261 e. The summed E-state index contributed by atoms with van der Waals surface area (Å²) < 4.78 is 17.9. The van der Waals surface area contributed by atoms with E-state index in [1.54, 1.807) is 7.11 Å². The number of benzene rings is 2. The van der Waals surface area contributed by atoms with Gasteiger partial charge in [0.1, 0.15) is 6.79 Å². The maximum atomic E-state index is 7.27. The van der Waals surface area contributed by atoms with Crippen molar-refractivity contribution < 1.29 is 13.9 Å². The van der Waals surface area contributed by atoms with Gasteiger partial charge in [0.25, 0.3) is 8.32 Å². The van der Waals surface area contributed by atoms with Crippen LogP contribution in [0.5, 0.6) is 0 Å². The van der Waals surface area contributed by atoms with E-state index in [0.29, 0.717) is 24.5 Å². The molecule has 0 amide bonds. The fraction of sp³-hybridized carbons (Fsp3) is 0.721. The van der Waals surface area contributed by atoms with Gasteiger partial charge in [0.15, 0.2) is 0 Å². The molecule has 0 aliphatic carbocycles. The molecule has 0 fully saturated rings. The molecule has 2 aromatic rings. The van der Waals surface area contributed by atoms with Crippen LogP contribution in [-0.2, 0) is 13.9 Å². The van der Waals surface area contributed by atoms with Gasteiger partial charge in [-0.15, -0.1) is 0 Å². The first-order chi connectivity index (χ1) is 22.2. The second-order valence-electron chi connectivity index (χ2n) is 17.2. The highest BCUT2D eigenvalue weighted by atomic mass is 28.4. The molecule has 0 saturated carbocycles. The second-order valence-corrected chi connectivity index (χ2v) is 21.5. The summed E-state index contributed by atoms with van der Waals surface area (Å²) in [6, 6.07) is 22.1. The maximum Gasteiger partial charge on any atom is 0.261 e. The van der Waals surface area contributed by atoms with Gasteiger partial charge < -0.3 is 13.9 Å². The van der Waals surface area contributed by atoms with Gasteiger partial charge in [0, 0.05) is 13.7 Å². The number of hydrogen-bond donors (Lipinski definition) is 0. The Hall–Kier alpha value is -1.46. The lowest BCUT2D eigenvalue weighted by Gasteiger charge is -2.43. The van der Waals surface area contributed by atoms with Crippen molar-refractivity contribution in [2.24, 2.45) is 47.3 Å². The zero-order valence-corrected chi connectivity index (χ0v) is 33.7. The van der Waals surface area contributed by atoms with E-state index in [1.165, 1.54) is 55.3 Å². The summed E-state index contributed by atoms with van der Waals surface area (Å²) in [5.74, 6) is 5.68. The molecular formula is C43H74O3Si. The van der Waals surface area contributed by atoms with E-state index < -0.39 is 8.32 Å². The van der Waals surface area contributed by atoms with Crippen LogP contribution in [0.3, 0.4) is 0 Å². The summed E-state index contributed by atoms with van der Waals surface area (Å²) in [7, 11) is -0.789. The summed E-state index contributed by atoms with van der Waals surface area (Å²) >= 11 is 0. The molecule has 0 N–H and O–H groups in total. The highest BCUT2D eigenvalue weighted by Gasteiger charge is 2.50. The minimum atomic E-state index is -2.48. The van der Waals surface area contributed by atoms with Crippen molar-refractivity contribution in [3.05, 3.63) is 60.7 Å². The first-order valence-corrected chi connectivity index (χ1v) is 20.9. The average molecular weight is 667 g/mol. The Morgan fingerprint density at radius 2 is 0.809 bits per heavy atom. The lowest BCUT2D eigenvalue weighted by atomic mass is 9.80. The van der Waals surface area contributed by atoms with Gasteiger partial charge in [-0.3, -0.25) is 0 Å². The summed E-state index contributed by atoms with van der Waals surface area (Å²) in [5.41, 5.74) is 0. The molecule has 0 aliphatic heterocycles. The van der Waals surface area contributed by atoms with Gasteiger partial charge in [-0.2, -0.15) is 0 Å². The van der Waals surface area contributed by atoms with Crippen LogP contribution in [0, 0.1) is 47.3 Å². The van der Waals surface area contributed by atoms with Gasteiger partial charge in [-0.05, 0) is 108 Å². The van der Waals surface area contributed by atoms with Crippen molar-refractivity contribution in [3.8, 4) is 0 Å². The Bertz CT molecular complexity index is 1030. The van der Waals surface area contributed by atoms with Crippen molar-refractivity contribution in [1.29, 1.82) is 0 Å². The van der Waals surface area contributed by atoms with E-state index in [2.05, 4.69) is 137 Å². The molecule has 8 atom stereocenters. The largest absolute Gasteiger partial charge is 0.407 e. The molecule has 268 valence electrons. The van der Waals surface area contributed by atoms with Crippen molar-refractivity contribution in [2.45, 2.75) is 126 Å². The molecule has 0 bridgehead atoms. The van der Waals surface area contributed by atoms with Crippen molar-refractivity contribution >= 4 is 18.7 Å². The van der Waals surface area contributed by atoms with Crippen LogP contribution in [0.15, 0.2) is 60.7 Å². The Balaban J connectivity index is 1.83. The van der Waals surface area contributed by atoms with Crippen LogP contribution in [0.25, 0.3) is 0 Å². The van der Waals surface area contributed by atoms with Crippen LogP contribution < -0.4 is 10.4 Å². The number of rotatable bonds is 23. The summed E-state index contributed by atoms with van der Waals surface area (Å²) in [5, 5.41) is 2.77. The molecule has 2 aromatic carbocycles. The van der Waals surface area contributed by atoms with Crippen LogP contribution in [0.2, 0.25) is 5.04 Å². The molecule has 47 heavy (non-hydrogen) atoms. The normalized spacial score (nSPS) is 17.8. The molecule has 4 heteroatoms. The van der Waals surface area contributed by atoms with Crippen LogP contribution in [-0.4, -0.2) is 35.4 Å². The summed E-state index contributed by atoms with van der Waals surface area (Å²) in [4.78, 5) is 0. The third-order valence-corrected chi connectivity index (χ3v) is 15.2. The van der Waals surface area contributed by atoms with E-state index in [1.807, 2.05) is 0 Å². The molecule has 0 aromatic heterocycles. The minimum absolute atomic E-state index is 0.0248. The topological polar surface area (TPSA) is 27.7 Å². The highest BCUT2D eigenvalue weighted by molar-refractivity contribution is 6.99. The van der Waals surface area contributed by atoms with E-state index >= 15 is 0 Å². The Morgan fingerprint density at radius 3 is 1.13 bits per heavy atom. The molecule has 3 nitrogen and oxygen atoms in total. The van der Waals surface area contributed by atoms with Crippen LogP contribution in [0.4, 0.5) is 0 Å². The number of methoxy groups -OCH3 is 1. The molecule has 0 radical (unpaired) electrons. The monoisotopic (exact) mass is 667 g/mol. The fourth-order valence-corrected chi connectivity index (χ4v) is 13.6. The van der Waals surface area contributed by atoms with E-state index in [-0.39, 0.29) is 5.04 Å². The molecule has 0 saturated heterocycles. The zero-order valence-electron chi connectivity index (χ0n) is 32.7. The van der Waals surface area contributed by atoms with E-state index in [0.717, 1.165) is 42.8 Å². The van der Waals surface area contributed by atoms with Crippen LogP contribution in [0.1, 0.15) is 121 Å².